The van der Waals surface area contributed by atoms with E-state index in [-0.39, 0.29) is 6.42 Å². The SMILES string of the molecule is COc1cc(OC)c(C)c(C(N)CC(=O)O)c1. The summed E-state index contributed by atoms with van der Waals surface area (Å²) in [5, 5.41) is 8.75. The van der Waals surface area contributed by atoms with Gasteiger partial charge in [-0.05, 0) is 24.1 Å². The summed E-state index contributed by atoms with van der Waals surface area (Å²) in [5.74, 6) is 0.308. The zero-order chi connectivity index (χ0) is 13.0. The molecule has 0 aliphatic heterocycles. The van der Waals surface area contributed by atoms with Crippen LogP contribution in [0.3, 0.4) is 0 Å². The van der Waals surface area contributed by atoms with E-state index < -0.39 is 12.0 Å². The molecule has 0 saturated carbocycles. The van der Waals surface area contributed by atoms with Gasteiger partial charge in [-0.15, -0.1) is 0 Å². The van der Waals surface area contributed by atoms with Crippen molar-refractivity contribution in [3.05, 3.63) is 23.3 Å². The number of hydrogen-bond acceptors (Lipinski definition) is 4. The first kappa shape index (κ1) is 13.3. The molecule has 0 spiro atoms. The first-order chi connectivity index (χ1) is 7.99. The number of rotatable bonds is 5. The van der Waals surface area contributed by atoms with Gasteiger partial charge < -0.3 is 20.3 Å². The van der Waals surface area contributed by atoms with E-state index in [0.717, 1.165) is 11.1 Å². The average molecular weight is 239 g/mol. The Morgan fingerprint density at radius 3 is 2.53 bits per heavy atom. The molecule has 94 valence electrons. The molecule has 0 fully saturated rings. The highest BCUT2D eigenvalue weighted by Crippen LogP contribution is 2.31. The van der Waals surface area contributed by atoms with Crippen LogP contribution in [0.25, 0.3) is 0 Å². The van der Waals surface area contributed by atoms with E-state index in [1.807, 2.05) is 6.92 Å². The highest BCUT2D eigenvalue weighted by molar-refractivity contribution is 5.68. The van der Waals surface area contributed by atoms with Gasteiger partial charge in [0, 0.05) is 12.1 Å². The molecule has 5 heteroatoms. The van der Waals surface area contributed by atoms with Crippen LogP contribution in [0.1, 0.15) is 23.6 Å². The van der Waals surface area contributed by atoms with E-state index in [1.54, 1.807) is 19.2 Å². The average Bonchev–Trinajstić information content (AvgIpc) is 2.28. The van der Waals surface area contributed by atoms with Gasteiger partial charge in [0.15, 0.2) is 0 Å². The third-order valence-corrected chi connectivity index (χ3v) is 2.62. The minimum atomic E-state index is -0.932. The van der Waals surface area contributed by atoms with Crippen molar-refractivity contribution in [2.24, 2.45) is 5.73 Å². The maximum atomic E-state index is 10.7. The molecule has 1 aromatic rings. The van der Waals surface area contributed by atoms with Gasteiger partial charge in [0.2, 0.25) is 0 Å². The van der Waals surface area contributed by atoms with E-state index in [2.05, 4.69) is 0 Å². The number of ether oxygens (including phenoxy) is 2. The molecule has 0 saturated heterocycles. The van der Waals surface area contributed by atoms with Crippen molar-refractivity contribution in [2.45, 2.75) is 19.4 Å². The lowest BCUT2D eigenvalue weighted by molar-refractivity contribution is -0.137. The number of carbonyl (C=O) groups is 1. The second-order valence-corrected chi connectivity index (χ2v) is 3.75. The van der Waals surface area contributed by atoms with Crippen molar-refractivity contribution in [3.8, 4) is 11.5 Å². The van der Waals surface area contributed by atoms with Crippen LogP contribution in [-0.2, 0) is 4.79 Å². The first-order valence-electron chi connectivity index (χ1n) is 5.19. The van der Waals surface area contributed by atoms with Crippen molar-refractivity contribution in [1.29, 1.82) is 0 Å². The summed E-state index contributed by atoms with van der Waals surface area (Å²) in [4.78, 5) is 10.7. The Labute approximate surface area is 100 Å². The second-order valence-electron chi connectivity index (χ2n) is 3.75. The molecule has 17 heavy (non-hydrogen) atoms. The monoisotopic (exact) mass is 239 g/mol. The van der Waals surface area contributed by atoms with E-state index in [1.165, 1.54) is 7.11 Å². The molecule has 1 unspecified atom stereocenters. The third-order valence-electron chi connectivity index (χ3n) is 2.62. The molecule has 5 nitrogen and oxygen atoms in total. The molecule has 1 rings (SSSR count). The Balaban J connectivity index is 3.16. The molecule has 0 bridgehead atoms. The molecule has 1 atom stereocenters. The molecule has 1 aromatic carbocycles. The number of hydrogen-bond donors (Lipinski definition) is 2. The van der Waals surface area contributed by atoms with Crippen LogP contribution in [0.15, 0.2) is 12.1 Å². The minimum Gasteiger partial charge on any atom is -0.497 e. The molecule has 0 amide bonds. The van der Waals surface area contributed by atoms with Gasteiger partial charge in [-0.3, -0.25) is 4.79 Å². The fourth-order valence-corrected chi connectivity index (χ4v) is 1.70. The number of methoxy groups -OCH3 is 2. The lowest BCUT2D eigenvalue weighted by Gasteiger charge is -2.17. The lowest BCUT2D eigenvalue weighted by Crippen LogP contribution is -2.16. The van der Waals surface area contributed by atoms with E-state index >= 15 is 0 Å². The molecular weight excluding hydrogens is 222 g/mol. The van der Waals surface area contributed by atoms with E-state index in [4.69, 9.17) is 20.3 Å². The summed E-state index contributed by atoms with van der Waals surface area (Å²) in [6.45, 7) is 1.84. The van der Waals surface area contributed by atoms with Crippen LogP contribution < -0.4 is 15.2 Å². The minimum absolute atomic E-state index is 0.128. The number of carboxylic acids is 1. The zero-order valence-electron chi connectivity index (χ0n) is 10.2. The second kappa shape index (κ2) is 5.54. The molecule has 0 aromatic heterocycles. The van der Waals surface area contributed by atoms with Gasteiger partial charge in [0.25, 0.3) is 0 Å². The highest BCUT2D eigenvalue weighted by Gasteiger charge is 2.17. The molecule has 0 aliphatic rings. The van der Waals surface area contributed by atoms with Gasteiger partial charge in [-0.25, -0.2) is 0 Å². The smallest absolute Gasteiger partial charge is 0.305 e. The number of benzene rings is 1. The van der Waals surface area contributed by atoms with Gasteiger partial charge in [0.1, 0.15) is 11.5 Å². The fourth-order valence-electron chi connectivity index (χ4n) is 1.70. The van der Waals surface area contributed by atoms with Crippen molar-refractivity contribution in [2.75, 3.05) is 14.2 Å². The maximum Gasteiger partial charge on any atom is 0.305 e. The first-order valence-corrected chi connectivity index (χ1v) is 5.19. The Morgan fingerprint density at radius 1 is 1.41 bits per heavy atom. The molecule has 0 heterocycles. The van der Waals surface area contributed by atoms with Crippen molar-refractivity contribution < 1.29 is 19.4 Å². The Kier molecular flexibility index (Phi) is 4.34. The number of carboxylic acid groups (broad SMARTS) is 1. The summed E-state index contributed by atoms with van der Waals surface area (Å²) in [5.41, 5.74) is 7.41. The molecular formula is C12H17NO4. The normalized spacial score (nSPS) is 12.0. The van der Waals surface area contributed by atoms with Crippen LogP contribution in [0.5, 0.6) is 11.5 Å². The van der Waals surface area contributed by atoms with Gasteiger partial charge in [-0.2, -0.15) is 0 Å². The molecule has 0 aliphatic carbocycles. The summed E-state index contributed by atoms with van der Waals surface area (Å²) in [7, 11) is 3.09. The predicted octanol–water partition coefficient (Wildman–Crippen LogP) is 1.49. The zero-order valence-corrected chi connectivity index (χ0v) is 10.2. The Hall–Kier alpha value is -1.75. The van der Waals surface area contributed by atoms with Crippen LogP contribution in [0.2, 0.25) is 0 Å². The van der Waals surface area contributed by atoms with Crippen LogP contribution >= 0.6 is 0 Å². The third kappa shape index (κ3) is 3.10. The number of aliphatic carboxylic acids is 1. The summed E-state index contributed by atoms with van der Waals surface area (Å²) in [6.07, 6.45) is -0.128. The van der Waals surface area contributed by atoms with Gasteiger partial charge in [-0.1, -0.05) is 0 Å². The summed E-state index contributed by atoms with van der Waals surface area (Å²) in [6, 6.07) is 2.91. The molecule has 3 N–H and O–H groups in total. The van der Waals surface area contributed by atoms with Crippen molar-refractivity contribution in [3.63, 3.8) is 0 Å². The topological polar surface area (TPSA) is 81.8 Å². The quantitative estimate of drug-likeness (QED) is 0.813. The largest absolute Gasteiger partial charge is 0.497 e. The van der Waals surface area contributed by atoms with Crippen LogP contribution in [0, 0.1) is 6.92 Å². The number of nitrogens with two attached hydrogens (primary N) is 1. The maximum absolute atomic E-state index is 10.7. The molecule has 0 radical (unpaired) electrons. The van der Waals surface area contributed by atoms with Crippen LogP contribution in [0.4, 0.5) is 0 Å². The van der Waals surface area contributed by atoms with Gasteiger partial charge in [0.05, 0.1) is 20.6 Å². The predicted molar refractivity (Wildman–Crippen MR) is 63.5 cm³/mol. The summed E-state index contributed by atoms with van der Waals surface area (Å²) < 4.78 is 10.3. The van der Waals surface area contributed by atoms with Crippen molar-refractivity contribution >= 4 is 5.97 Å². The fraction of sp³-hybridized carbons (Fsp3) is 0.417. The van der Waals surface area contributed by atoms with Crippen molar-refractivity contribution in [1.82, 2.24) is 0 Å². The lowest BCUT2D eigenvalue weighted by atomic mass is 9.98. The van der Waals surface area contributed by atoms with E-state index in [9.17, 15) is 4.79 Å². The highest BCUT2D eigenvalue weighted by atomic mass is 16.5. The van der Waals surface area contributed by atoms with Gasteiger partial charge >= 0.3 is 5.97 Å². The Bertz CT molecular complexity index is 417. The summed E-state index contributed by atoms with van der Waals surface area (Å²) >= 11 is 0. The Morgan fingerprint density at radius 2 is 2.06 bits per heavy atom. The van der Waals surface area contributed by atoms with Crippen LogP contribution in [-0.4, -0.2) is 25.3 Å². The van der Waals surface area contributed by atoms with E-state index in [0.29, 0.717) is 11.5 Å². The standard InChI is InChI=1S/C12H17NO4/c1-7-9(10(13)6-12(14)15)4-8(16-2)5-11(7)17-3/h4-5,10H,6,13H2,1-3H3,(H,14,15).